The molecule has 0 aromatic rings. The number of rotatable bonds is 2. The molecular formula is C16H30. The third kappa shape index (κ3) is 4.31. The first-order chi connectivity index (χ1) is 7.67. The van der Waals surface area contributed by atoms with E-state index in [0.717, 1.165) is 17.8 Å². The summed E-state index contributed by atoms with van der Waals surface area (Å²) in [5, 5.41) is 0. The Kier molecular flexibility index (Phi) is 6.16. The van der Waals surface area contributed by atoms with Gasteiger partial charge in [0.15, 0.2) is 0 Å². The third-order valence-corrected chi connectivity index (χ3v) is 4.60. The zero-order chi connectivity index (χ0) is 12.0. The lowest BCUT2D eigenvalue weighted by Gasteiger charge is -2.28. The highest BCUT2D eigenvalue weighted by Crippen LogP contribution is 2.32. The molecule has 0 aromatic carbocycles. The zero-order valence-corrected chi connectivity index (χ0v) is 11.8. The minimum Gasteiger partial charge on any atom is -0.0856 e. The third-order valence-electron chi connectivity index (χ3n) is 4.60. The summed E-state index contributed by atoms with van der Waals surface area (Å²) in [4.78, 5) is 0. The van der Waals surface area contributed by atoms with Crippen LogP contribution in [0.1, 0.15) is 72.6 Å². The van der Waals surface area contributed by atoms with Gasteiger partial charge in [-0.2, -0.15) is 0 Å². The fraction of sp³-hybridized carbons (Fsp3) is 0.875. The molecule has 1 aliphatic carbocycles. The Labute approximate surface area is 103 Å². The maximum Gasteiger partial charge on any atom is -0.0320 e. The Hall–Kier alpha value is -0.260. The zero-order valence-electron chi connectivity index (χ0n) is 11.8. The van der Waals surface area contributed by atoms with Crippen LogP contribution < -0.4 is 0 Å². The smallest absolute Gasteiger partial charge is 0.0320 e. The molecule has 0 amide bonds. The summed E-state index contributed by atoms with van der Waals surface area (Å²) in [7, 11) is 0. The summed E-state index contributed by atoms with van der Waals surface area (Å²) in [6.45, 7) is 9.52. The van der Waals surface area contributed by atoms with E-state index in [1.807, 2.05) is 0 Å². The van der Waals surface area contributed by atoms with Gasteiger partial charge < -0.3 is 0 Å². The lowest BCUT2D eigenvalue weighted by atomic mass is 9.78. The molecule has 1 aliphatic rings. The standard InChI is InChI=1S/C16H30/c1-5-15-11-10-13(3)8-7-9-14(4)16(6-2)12-15/h8,14-16H,5-7,9-12H2,1-4H3/b13-8+. The number of hydrogen-bond donors (Lipinski definition) is 0. The van der Waals surface area contributed by atoms with Gasteiger partial charge in [0.2, 0.25) is 0 Å². The van der Waals surface area contributed by atoms with Gasteiger partial charge in [0.1, 0.15) is 0 Å². The van der Waals surface area contributed by atoms with Crippen molar-refractivity contribution < 1.29 is 0 Å². The maximum atomic E-state index is 2.49. The van der Waals surface area contributed by atoms with Gasteiger partial charge in [-0.05, 0) is 56.8 Å². The van der Waals surface area contributed by atoms with Gasteiger partial charge in [-0.25, -0.2) is 0 Å². The van der Waals surface area contributed by atoms with Gasteiger partial charge in [0.05, 0.1) is 0 Å². The van der Waals surface area contributed by atoms with Gasteiger partial charge in [-0.1, -0.05) is 45.3 Å². The van der Waals surface area contributed by atoms with E-state index in [9.17, 15) is 0 Å². The molecule has 3 atom stereocenters. The van der Waals surface area contributed by atoms with E-state index in [1.54, 1.807) is 5.57 Å². The highest BCUT2D eigenvalue weighted by Gasteiger charge is 2.20. The molecule has 0 heterocycles. The van der Waals surface area contributed by atoms with Gasteiger partial charge >= 0.3 is 0 Å². The Morgan fingerprint density at radius 2 is 1.94 bits per heavy atom. The van der Waals surface area contributed by atoms with Crippen molar-refractivity contribution >= 4 is 0 Å². The van der Waals surface area contributed by atoms with Crippen LogP contribution in [-0.4, -0.2) is 0 Å². The van der Waals surface area contributed by atoms with Crippen LogP contribution in [0.3, 0.4) is 0 Å². The van der Waals surface area contributed by atoms with E-state index in [4.69, 9.17) is 0 Å². The van der Waals surface area contributed by atoms with Crippen molar-refractivity contribution in [2.45, 2.75) is 72.6 Å². The van der Waals surface area contributed by atoms with Crippen LogP contribution >= 0.6 is 0 Å². The first-order valence-electron chi connectivity index (χ1n) is 7.32. The summed E-state index contributed by atoms with van der Waals surface area (Å²) in [6.07, 6.45) is 12.2. The molecule has 16 heavy (non-hydrogen) atoms. The van der Waals surface area contributed by atoms with E-state index in [1.165, 1.54) is 44.9 Å². The monoisotopic (exact) mass is 222 g/mol. The van der Waals surface area contributed by atoms with Crippen molar-refractivity contribution in [3.05, 3.63) is 11.6 Å². The Bertz CT molecular complexity index is 214. The first-order valence-corrected chi connectivity index (χ1v) is 7.32. The lowest BCUT2D eigenvalue weighted by molar-refractivity contribution is 0.249. The number of hydrogen-bond acceptors (Lipinski definition) is 0. The van der Waals surface area contributed by atoms with Gasteiger partial charge in [-0.15, -0.1) is 0 Å². The van der Waals surface area contributed by atoms with Gasteiger partial charge in [0.25, 0.3) is 0 Å². The second-order valence-electron chi connectivity index (χ2n) is 5.82. The van der Waals surface area contributed by atoms with Crippen LogP contribution in [0.2, 0.25) is 0 Å². The molecular weight excluding hydrogens is 192 g/mol. The molecule has 0 fully saturated rings. The van der Waals surface area contributed by atoms with E-state index in [-0.39, 0.29) is 0 Å². The average molecular weight is 222 g/mol. The largest absolute Gasteiger partial charge is 0.0856 e. The normalized spacial score (nSPS) is 36.5. The van der Waals surface area contributed by atoms with Crippen LogP contribution in [0, 0.1) is 17.8 Å². The summed E-state index contributed by atoms with van der Waals surface area (Å²) >= 11 is 0. The van der Waals surface area contributed by atoms with E-state index in [0.29, 0.717) is 0 Å². The minimum atomic E-state index is 0.918. The fourth-order valence-corrected chi connectivity index (χ4v) is 3.08. The summed E-state index contributed by atoms with van der Waals surface area (Å²) in [5.74, 6) is 2.85. The maximum absolute atomic E-state index is 2.49. The fourth-order valence-electron chi connectivity index (χ4n) is 3.08. The summed E-state index contributed by atoms with van der Waals surface area (Å²) in [5.41, 5.74) is 1.63. The van der Waals surface area contributed by atoms with Crippen molar-refractivity contribution in [2.75, 3.05) is 0 Å². The molecule has 0 aromatic heterocycles. The van der Waals surface area contributed by atoms with Gasteiger partial charge in [0, 0.05) is 0 Å². The Balaban J connectivity index is 2.66. The predicted octanol–water partition coefficient (Wildman–Crippen LogP) is 5.59. The summed E-state index contributed by atoms with van der Waals surface area (Å²) in [6, 6.07) is 0. The molecule has 0 saturated carbocycles. The predicted molar refractivity (Wildman–Crippen MR) is 73.6 cm³/mol. The van der Waals surface area contributed by atoms with Crippen LogP contribution in [-0.2, 0) is 0 Å². The van der Waals surface area contributed by atoms with E-state index >= 15 is 0 Å². The molecule has 0 aliphatic heterocycles. The van der Waals surface area contributed by atoms with Gasteiger partial charge in [-0.3, -0.25) is 0 Å². The molecule has 0 radical (unpaired) electrons. The van der Waals surface area contributed by atoms with Crippen molar-refractivity contribution in [1.29, 1.82) is 0 Å². The first kappa shape index (κ1) is 13.8. The van der Waals surface area contributed by atoms with Crippen molar-refractivity contribution in [2.24, 2.45) is 17.8 Å². The van der Waals surface area contributed by atoms with Crippen LogP contribution in [0.4, 0.5) is 0 Å². The molecule has 0 nitrogen and oxygen atoms in total. The Morgan fingerprint density at radius 1 is 1.19 bits per heavy atom. The molecule has 0 bridgehead atoms. The average Bonchev–Trinajstić information content (AvgIpc) is 2.29. The highest BCUT2D eigenvalue weighted by atomic mass is 14.3. The second kappa shape index (κ2) is 7.14. The molecule has 1 rings (SSSR count). The molecule has 94 valence electrons. The molecule has 0 saturated heterocycles. The van der Waals surface area contributed by atoms with Crippen molar-refractivity contribution in [3.63, 3.8) is 0 Å². The quantitative estimate of drug-likeness (QED) is 0.535. The molecule has 0 spiro atoms. The highest BCUT2D eigenvalue weighted by molar-refractivity contribution is 4.98. The Morgan fingerprint density at radius 3 is 2.56 bits per heavy atom. The van der Waals surface area contributed by atoms with E-state index < -0.39 is 0 Å². The topological polar surface area (TPSA) is 0 Å². The van der Waals surface area contributed by atoms with E-state index in [2.05, 4.69) is 33.8 Å². The van der Waals surface area contributed by atoms with Crippen molar-refractivity contribution in [3.8, 4) is 0 Å². The van der Waals surface area contributed by atoms with Crippen LogP contribution in [0.25, 0.3) is 0 Å². The SMILES string of the molecule is CCC1CC/C(C)=C/CCC(C)C(CC)C1. The molecule has 0 heteroatoms. The van der Waals surface area contributed by atoms with Crippen molar-refractivity contribution in [1.82, 2.24) is 0 Å². The molecule has 0 N–H and O–H groups in total. The van der Waals surface area contributed by atoms with Crippen LogP contribution in [0.5, 0.6) is 0 Å². The molecule has 3 unspecified atom stereocenters. The lowest BCUT2D eigenvalue weighted by Crippen LogP contribution is -2.16. The van der Waals surface area contributed by atoms with Crippen LogP contribution in [0.15, 0.2) is 11.6 Å². The minimum absolute atomic E-state index is 0.918. The second-order valence-corrected chi connectivity index (χ2v) is 5.82. The summed E-state index contributed by atoms with van der Waals surface area (Å²) < 4.78 is 0. The number of allylic oxidation sites excluding steroid dienone is 2.